The second-order valence-electron chi connectivity index (χ2n) is 5.32. The Labute approximate surface area is 122 Å². The lowest BCUT2D eigenvalue weighted by Gasteiger charge is -2.30. The number of hydrogen-bond acceptors (Lipinski definition) is 4. The van der Waals surface area contributed by atoms with Gasteiger partial charge in [-0.15, -0.1) is 0 Å². The van der Waals surface area contributed by atoms with Crippen molar-refractivity contribution in [1.82, 2.24) is 8.61 Å². The fraction of sp³-hybridized carbons (Fsp3) is 0.923. The van der Waals surface area contributed by atoms with Gasteiger partial charge in [0.25, 0.3) is 10.2 Å². The first-order valence-electron chi connectivity index (χ1n) is 7.15. The van der Waals surface area contributed by atoms with E-state index < -0.39 is 16.2 Å². The van der Waals surface area contributed by atoms with Gasteiger partial charge in [-0.05, 0) is 12.8 Å². The number of hydrogen-bond donors (Lipinski definition) is 0. The van der Waals surface area contributed by atoms with Gasteiger partial charge in [-0.25, -0.2) is 0 Å². The van der Waals surface area contributed by atoms with Crippen molar-refractivity contribution in [3.8, 4) is 0 Å². The highest BCUT2D eigenvalue weighted by atomic mass is 32.2. The van der Waals surface area contributed by atoms with E-state index in [9.17, 15) is 13.2 Å². The molecule has 7 heteroatoms. The number of esters is 1. The molecule has 20 heavy (non-hydrogen) atoms. The van der Waals surface area contributed by atoms with Crippen molar-refractivity contribution in [2.24, 2.45) is 0 Å². The van der Waals surface area contributed by atoms with Crippen LogP contribution in [0.4, 0.5) is 0 Å². The predicted octanol–water partition coefficient (Wildman–Crippen LogP) is 1.38. The Kier molecular flexibility index (Phi) is 6.91. The van der Waals surface area contributed by atoms with Crippen molar-refractivity contribution in [3.05, 3.63) is 0 Å². The molecule has 1 aliphatic rings. The Morgan fingerprint density at radius 1 is 1.15 bits per heavy atom. The molecule has 0 aromatic rings. The predicted molar refractivity (Wildman–Crippen MR) is 77.4 cm³/mol. The fourth-order valence-electron chi connectivity index (χ4n) is 2.50. The van der Waals surface area contributed by atoms with Crippen LogP contribution >= 0.6 is 0 Å². The maximum atomic E-state index is 12.4. The molecule has 0 saturated heterocycles. The SMILES string of the molecule is COC(=O)CCN(C)S(=O)(=O)N(C)C1CCCCCC1. The minimum Gasteiger partial charge on any atom is -0.469 e. The van der Waals surface area contributed by atoms with Gasteiger partial charge in [0.15, 0.2) is 0 Å². The van der Waals surface area contributed by atoms with Gasteiger partial charge in [0, 0.05) is 26.7 Å². The molecular formula is C13H26N2O4S. The topological polar surface area (TPSA) is 66.9 Å². The van der Waals surface area contributed by atoms with Crippen molar-refractivity contribution in [2.75, 3.05) is 27.7 Å². The molecule has 6 nitrogen and oxygen atoms in total. The fourth-order valence-corrected chi connectivity index (χ4v) is 3.85. The molecule has 1 rings (SSSR count). The minimum absolute atomic E-state index is 0.0723. The van der Waals surface area contributed by atoms with E-state index >= 15 is 0 Å². The van der Waals surface area contributed by atoms with Crippen LogP contribution in [0.5, 0.6) is 0 Å². The highest BCUT2D eigenvalue weighted by Gasteiger charge is 2.30. The number of ether oxygens (including phenoxy) is 1. The van der Waals surface area contributed by atoms with Crippen LogP contribution in [0.1, 0.15) is 44.9 Å². The molecule has 0 aromatic heterocycles. The molecule has 0 aromatic carbocycles. The van der Waals surface area contributed by atoms with E-state index in [4.69, 9.17) is 0 Å². The van der Waals surface area contributed by atoms with E-state index in [-0.39, 0.29) is 19.0 Å². The van der Waals surface area contributed by atoms with Gasteiger partial charge >= 0.3 is 5.97 Å². The van der Waals surface area contributed by atoms with E-state index in [0.29, 0.717) is 0 Å². The van der Waals surface area contributed by atoms with E-state index in [1.54, 1.807) is 7.05 Å². The zero-order chi connectivity index (χ0) is 15.2. The van der Waals surface area contributed by atoms with Gasteiger partial charge in [0.2, 0.25) is 0 Å². The highest BCUT2D eigenvalue weighted by Crippen LogP contribution is 2.23. The number of carbonyl (C=O) groups excluding carboxylic acids is 1. The summed E-state index contributed by atoms with van der Waals surface area (Å²) < 4.78 is 32.1. The Morgan fingerprint density at radius 2 is 1.70 bits per heavy atom. The summed E-state index contributed by atoms with van der Waals surface area (Å²) in [5, 5.41) is 0. The van der Waals surface area contributed by atoms with Crippen molar-refractivity contribution in [1.29, 1.82) is 0 Å². The van der Waals surface area contributed by atoms with E-state index in [0.717, 1.165) is 25.7 Å². The van der Waals surface area contributed by atoms with Crippen LogP contribution in [0.15, 0.2) is 0 Å². The van der Waals surface area contributed by atoms with E-state index in [1.165, 1.54) is 35.6 Å². The summed E-state index contributed by atoms with van der Waals surface area (Å²) in [5.41, 5.74) is 0. The van der Waals surface area contributed by atoms with Gasteiger partial charge < -0.3 is 4.74 Å². The van der Waals surface area contributed by atoms with Crippen LogP contribution in [-0.2, 0) is 19.7 Å². The molecular weight excluding hydrogens is 280 g/mol. The first kappa shape index (κ1) is 17.4. The second-order valence-corrected chi connectivity index (χ2v) is 7.41. The summed E-state index contributed by atoms with van der Waals surface area (Å²) in [6, 6.07) is 0.0723. The summed E-state index contributed by atoms with van der Waals surface area (Å²) >= 11 is 0. The van der Waals surface area contributed by atoms with E-state index in [2.05, 4.69) is 4.74 Å². The summed E-state index contributed by atoms with van der Waals surface area (Å²) in [7, 11) is 0.945. The summed E-state index contributed by atoms with van der Waals surface area (Å²) in [5.74, 6) is -0.399. The first-order valence-corrected chi connectivity index (χ1v) is 8.55. The second kappa shape index (κ2) is 7.95. The standard InChI is InChI=1S/C13H26N2O4S/c1-14(11-10-13(16)19-3)20(17,18)15(2)12-8-6-4-5-7-9-12/h12H,4-11H2,1-3H3. The quantitative estimate of drug-likeness (QED) is 0.549. The van der Waals surface area contributed by atoms with Gasteiger partial charge in [0.05, 0.1) is 13.5 Å². The van der Waals surface area contributed by atoms with Crippen LogP contribution in [0, 0.1) is 0 Å². The Hall–Kier alpha value is -0.660. The smallest absolute Gasteiger partial charge is 0.306 e. The summed E-state index contributed by atoms with van der Waals surface area (Å²) in [4.78, 5) is 11.1. The molecule has 1 aliphatic carbocycles. The third-order valence-electron chi connectivity index (χ3n) is 3.96. The van der Waals surface area contributed by atoms with Gasteiger partial charge in [-0.3, -0.25) is 4.79 Å². The maximum Gasteiger partial charge on any atom is 0.306 e. The van der Waals surface area contributed by atoms with Crippen LogP contribution in [0.25, 0.3) is 0 Å². The molecule has 0 atom stereocenters. The largest absolute Gasteiger partial charge is 0.469 e. The monoisotopic (exact) mass is 306 g/mol. The zero-order valence-corrected chi connectivity index (χ0v) is 13.5. The molecule has 0 spiro atoms. The van der Waals surface area contributed by atoms with Crippen LogP contribution in [0.3, 0.4) is 0 Å². The van der Waals surface area contributed by atoms with Gasteiger partial charge in [-0.2, -0.15) is 17.0 Å². The number of nitrogens with zero attached hydrogens (tertiary/aromatic N) is 2. The van der Waals surface area contributed by atoms with Crippen molar-refractivity contribution in [2.45, 2.75) is 51.0 Å². The number of carbonyl (C=O) groups is 1. The molecule has 0 unspecified atom stereocenters. The Morgan fingerprint density at radius 3 is 2.20 bits per heavy atom. The first-order chi connectivity index (χ1) is 9.39. The minimum atomic E-state index is -3.50. The lowest BCUT2D eigenvalue weighted by molar-refractivity contribution is -0.140. The molecule has 0 radical (unpaired) electrons. The lowest BCUT2D eigenvalue weighted by atomic mass is 10.1. The van der Waals surface area contributed by atoms with Crippen molar-refractivity contribution >= 4 is 16.2 Å². The molecule has 0 amide bonds. The van der Waals surface area contributed by atoms with Gasteiger partial charge in [-0.1, -0.05) is 25.7 Å². The van der Waals surface area contributed by atoms with Crippen molar-refractivity contribution < 1.29 is 17.9 Å². The zero-order valence-electron chi connectivity index (χ0n) is 12.7. The molecule has 1 saturated carbocycles. The molecule has 1 fully saturated rings. The van der Waals surface area contributed by atoms with E-state index in [1.807, 2.05) is 0 Å². The highest BCUT2D eigenvalue weighted by molar-refractivity contribution is 7.86. The Bertz CT molecular complexity index is 403. The lowest BCUT2D eigenvalue weighted by Crippen LogP contribution is -2.45. The molecule has 0 heterocycles. The Balaban J connectivity index is 2.62. The average molecular weight is 306 g/mol. The van der Waals surface area contributed by atoms with Crippen LogP contribution in [-0.4, -0.2) is 56.8 Å². The third kappa shape index (κ3) is 4.71. The number of methoxy groups -OCH3 is 1. The summed E-state index contributed by atoms with van der Waals surface area (Å²) in [6.45, 7) is 0.145. The normalized spacial score (nSPS) is 18.2. The third-order valence-corrected chi connectivity index (χ3v) is 5.95. The van der Waals surface area contributed by atoms with Gasteiger partial charge in [0.1, 0.15) is 0 Å². The van der Waals surface area contributed by atoms with Crippen molar-refractivity contribution in [3.63, 3.8) is 0 Å². The maximum absolute atomic E-state index is 12.4. The average Bonchev–Trinajstić information content (AvgIpc) is 2.72. The molecule has 0 aliphatic heterocycles. The molecule has 0 bridgehead atoms. The number of rotatable bonds is 6. The molecule has 0 N–H and O–H groups in total. The molecule has 118 valence electrons. The summed E-state index contributed by atoms with van der Waals surface area (Å²) in [6.07, 6.45) is 6.43. The van der Waals surface area contributed by atoms with Crippen LogP contribution < -0.4 is 0 Å². The van der Waals surface area contributed by atoms with Crippen LogP contribution in [0.2, 0.25) is 0 Å².